The van der Waals surface area contributed by atoms with Gasteiger partial charge in [0.2, 0.25) is 0 Å². The van der Waals surface area contributed by atoms with Crippen LogP contribution in [0.1, 0.15) is 23.5 Å². The van der Waals surface area contributed by atoms with E-state index < -0.39 is 0 Å². The number of rotatable bonds is 4. The Labute approximate surface area is 124 Å². The smallest absolute Gasteiger partial charge is 0.0702 e. The number of pyridine rings is 1. The van der Waals surface area contributed by atoms with E-state index in [1.807, 2.05) is 12.3 Å². The van der Waals surface area contributed by atoms with Crippen molar-refractivity contribution in [1.82, 2.24) is 10.3 Å². The molecule has 3 aromatic rings. The first kappa shape index (κ1) is 12.5. The van der Waals surface area contributed by atoms with Gasteiger partial charge in [-0.25, -0.2) is 0 Å². The molecule has 21 heavy (non-hydrogen) atoms. The van der Waals surface area contributed by atoms with Gasteiger partial charge in [0.05, 0.1) is 5.52 Å². The minimum atomic E-state index is 0.610. The van der Waals surface area contributed by atoms with Gasteiger partial charge in [-0.1, -0.05) is 48.5 Å². The maximum atomic E-state index is 4.52. The molecule has 1 fully saturated rings. The van der Waals surface area contributed by atoms with E-state index in [1.54, 1.807) is 0 Å². The van der Waals surface area contributed by atoms with Gasteiger partial charge in [0.1, 0.15) is 0 Å². The van der Waals surface area contributed by atoms with Gasteiger partial charge in [0.25, 0.3) is 0 Å². The highest BCUT2D eigenvalue weighted by atomic mass is 15.0. The molecule has 0 radical (unpaired) electrons. The molecule has 2 atom stereocenters. The van der Waals surface area contributed by atoms with Crippen LogP contribution in [0.5, 0.6) is 0 Å². The molecule has 0 spiro atoms. The maximum Gasteiger partial charge on any atom is 0.0702 e. The van der Waals surface area contributed by atoms with Crippen molar-refractivity contribution < 1.29 is 0 Å². The Hall–Kier alpha value is -2.19. The van der Waals surface area contributed by atoms with Crippen LogP contribution in [0.2, 0.25) is 0 Å². The van der Waals surface area contributed by atoms with E-state index in [1.165, 1.54) is 22.9 Å². The highest BCUT2D eigenvalue weighted by Gasteiger charge is 2.37. The fourth-order valence-corrected chi connectivity index (χ4v) is 2.95. The second-order valence-electron chi connectivity index (χ2n) is 5.78. The molecular weight excluding hydrogens is 256 g/mol. The monoisotopic (exact) mass is 274 g/mol. The number of hydrogen-bond acceptors (Lipinski definition) is 2. The fraction of sp³-hybridized carbons (Fsp3) is 0.211. The summed E-state index contributed by atoms with van der Waals surface area (Å²) in [5, 5.41) is 4.86. The molecule has 1 heterocycles. The van der Waals surface area contributed by atoms with Crippen LogP contribution in [0, 0.1) is 0 Å². The molecule has 4 rings (SSSR count). The van der Waals surface area contributed by atoms with Crippen LogP contribution in [0.3, 0.4) is 0 Å². The molecule has 0 amide bonds. The molecule has 1 saturated carbocycles. The lowest BCUT2D eigenvalue weighted by Crippen LogP contribution is -2.17. The van der Waals surface area contributed by atoms with Gasteiger partial charge < -0.3 is 5.32 Å². The standard InChI is InChI=1S/C19H18N2/c1-2-6-15(7-3-1)17-11-19(17)21-13-14-10-16-8-4-5-9-18(16)20-12-14/h1-10,12,17,19,21H,11,13H2/t17-,19+/m0/s1. The number of hydrogen-bond donors (Lipinski definition) is 1. The number of benzene rings is 2. The summed E-state index contributed by atoms with van der Waals surface area (Å²) in [6.45, 7) is 0.895. The predicted octanol–water partition coefficient (Wildman–Crippen LogP) is 3.88. The Morgan fingerprint density at radius 1 is 1.00 bits per heavy atom. The molecule has 0 bridgehead atoms. The van der Waals surface area contributed by atoms with Gasteiger partial charge in [0, 0.05) is 30.1 Å². The minimum absolute atomic E-state index is 0.610. The SMILES string of the molecule is c1ccc([C@@H]2C[C@H]2NCc2cnc3ccccc3c2)cc1. The zero-order chi connectivity index (χ0) is 14.1. The highest BCUT2D eigenvalue weighted by molar-refractivity contribution is 5.78. The Kier molecular flexibility index (Phi) is 3.17. The molecule has 1 N–H and O–H groups in total. The van der Waals surface area contributed by atoms with E-state index in [0.717, 1.165) is 12.1 Å². The second-order valence-corrected chi connectivity index (χ2v) is 5.78. The van der Waals surface area contributed by atoms with Crippen molar-refractivity contribution in [3.05, 3.63) is 78.0 Å². The van der Waals surface area contributed by atoms with Crippen molar-refractivity contribution in [3.8, 4) is 0 Å². The van der Waals surface area contributed by atoms with Crippen molar-refractivity contribution >= 4 is 10.9 Å². The van der Waals surface area contributed by atoms with Gasteiger partial charge in [-0.05, 0) is 29.7 Å². The highest BCUT2D eigenvalue weighted by Crippen LogP contribution is 2.40. The van der Waals surface area contributed by atoms with Gasteiger partial charge >= 0.3 is 0 Å². The van der Waals surface area contributed by atoms with Gasteiger partial charge in [-0.3, -0.25) is 4.98 Å². The first-order chi connectivity index (χ1) is 10.4. The third-order valence-corrected chi connectivity index (χ3v) is 4.23. The zero-order valence-corrected chi connectivity index (χ0v) is 11.9. The summed E-state index contributed by atoms with van der Waals surface area (Å²) in [6, 6.07) is 21.9. The Morgan fingerprint density at radius 2 is 1.81 bits per heavy atom. The van der Waals surface area contributed by atoms with E-state index in [4.69, 9.17) is 0 Å². The van der Waals surface area contributed by atoms with E-state index in [-0.39, 0.29) is 0 Å². The van der Waals surface area contributed by atoms with Crippen LogP contribution in [-0.4, -0.2) is 11.0 Å². The van der Waals surface area contributed by atoms with Crippen LogP contribution in [0.25, 0.3) is 10.9 Å². The second kappa shape index (κ2) is 5.30. The van der Waals surface area contributed by atoms with Crippen LogP contribution < -0.4 is 5.32 Å². The van der Waals surface area contributed by atoms with Crippen molar-refractivity contribution in [3.63, 3.8) is 0 Å². The number of nitrogens with one attached hydrogen (secondary N) is 1. The van der Waals surface area contributed by atoms with E-state index in [0.29, 0.717) is 12.0 Å². The predicted molar refractivity (Wildman–Crippen MR) is 86.2 cm³/mol. The molecule has 0 saturated heterocycles. The minimum Gasteiger partial charge on any atom is -0.309 e. The number of aromatic nitrogens is 1. The summed E-state index contributed by atoms with van der Waals surface area (Å²) in [5.41, 5.74) is 3.77. The fourth-order valence-electron chi connectivity index (χ4n) is 2.95. The molecule has 0 aliphatic heterocycles. The lowest BCUT2D eigenvalue weighted by atomic mass is 10.1. The van der Waals surface area contributed by atoms with Crippen molar-refractivity contribution in [2.45, 2.75) is 24.9 Å². The number of fused-ring (bicyclic) bond motifs is 1. The molecule has 1 aliphatic carbocycles. The van der Waals surface area contributed by atoms with Crippen molar-refractivity contribution in [1.29, 1.82) is 0 Å². The quantitative estimate of drug-likeness (QED) is 0.781. The molecule has 2 heteroatoms. The topological polar surface area (TPSA) is 24.9 Å². The summed E-state index contributed by atoms with van der Waals surface area (Å²) in [7, 11) is 0. The third kappa shape index (κ3) is 2.67. The number of para-hydroxylation sites is 1. The summed E-state index contributed by atoms with van der Waals surface area (Å²) < 4.78 is 0. The number of nitrogens with zero attached hydrogens (tertiary/aromatic N) is 1. The van der Waals surface area contributed by atoms with Crippen LogP contribution in [0.4, 0.5) is 0 Å². The molecule has 1 aromatic heterocycles. The lowest BCUT2D eigenvalue weighted by Gasteiger charge is -2.06. The zero-order valence-electron chi connectivity index (χ0n) is 11.9. The molecule has 2 nitrogen and oxygen atoms in total. The maximum absolute atomic E-state index is 4.52. The Morgan fingerprint density at radius 3 is 2.71 bits per heavy atom. The van der Waals surface area contributed by atoms with Gasteiger partial charge in [0.15, 0.2) is 0 Å². The molecule has 0 unspecified atom stereocenters. The van der Waals surface area contributed by atoms with Crippen LogP contribution in [-0.2, 0) is 6.54 Å². The third-order valence-electron chi connectivity index (χ3n) is 4.23. The Balaban J connectivity index is 1.41. The van der Waals surface area contributed by atoms with Crippen molar-refractivity contribution in [2.24, 2.45) is 0 Å². The van der Waals surface area contributed by atoms with E-state index >= 15 is 0 Å². The summed E-state index contributed by atoms with van der Waals surface area (Å²) in [4.78, 5) is 4.52. The normalized spacial score (nSPS) is 20.6. The molecule has 2 aromatic carbocycles. The summed E-state index contributed by atoms with van der Waals surface area (Å²) in [6.07, 6.45) is 3.22. The summed E-state index contributed by atoms with van der Waals surface area (Å²) >= 11 is 0. The Bertz CT molecular complexity index is 752. The largest absolute Gasteiger partial charge is 0.309 e. The van der Waals surface area contributed by atoms with Gasteiger partial charge in [-0.2, -0.15) is 0 Å². The molecule has 1 aliphatic rings. The van der Waals surface area contributed by atoms with Crippen LogP contribution >= 0.6 is 0 Å². The average Bonchev–Trinajstić information content (AvgIpc) is 3.33. The summed E-state index contributed by atoms with van der Waals surface area (Å²) in [5.74, 6) is 0.680. The first-order valence-corrected chi connectivity index (χ1v) is 7.52. The lowest BCUT2D eigenvalue weighted by molar-refractivity contribution is 0.672. The average molecular weight is 274 g/mol. The van der Waals surface area contributed by atoms with Crippen LogP contribution in [0.15, 0.2) is 66.9 Å². The van der Waals surface area contributed by atoms with Crippen molar-refractivity contribution in [2.75, 3.05) is 0 Å². The molecule has 104 valence electrons. The molecular formula is C19H18N2. The first-order valence-electron chi connectivity index (χ1n) is 7.52. The van der Waals surface area contributed by atoms with Gasteiger partial charge in [-0.15, -0.1) is 0 Å². The van der Waals surface area contributed by atoms with E-state index in [2.05, 4.69) is 64.9 Å². The van der Waals surface area contributed by atoms with E-state index in [9.17, 15) is 0 Å².